The maximum atomic E-state index is 8.63. The zero-order chi connectivity index (χ0) is 8.10. The van der Waals surface area contributed by atoms with Gasteiger partial charge in [-0.25, -0.2) is 0 Å². The van der Waals surface area contributed by atoms with Crippen LogP contribution in [0.1, 0.15) is 6.42 Å². The molecule has 1 N–H and O–H groups in total. The van der Waals surface area contributed by atoms with Gasteiger partial charge in [-0.1, -0.05) is 5.16 Å². The van der Waals surface area contributed by atoms with E-state index in [1.165, 1.54) is 0 Å². The van der Waals surface area contributed by atoms with Gasteiger partial charge in [0.2, 0.25) is 0 Å². The predicted octanol–water partition coefficient (Wildman–Crippen LogP) is -0.313. The minimum absolute atomic E-state index is 0.222. The molecule has 0 atom stereocenters. The Kier molecular flexibility index (Phi) is 3.32. The Morgan fingerprint density at radius 3 is 3.18 bits per heavy atom. The number of hydrogen-bond acceptors (Lipinski definition) is 4. The van der Waals surface area contributed by atoms with Crippen molar-refractivity contribution in [2.45, 2.75) is 6.42 Å². The van der Waals surface area contributed by atoms with Crippen LogP contribution in [0.4, 0.5) is 0 Å². The molecule has 0 aliphatic carbocycles. The van der Waals surface area contributed by atoms with Crippen LogP contribution in [0, 0.1) is 0 Å². The van der Waals surface area contributed by atoms with Gasteiger partial charge in [-0.15, -0.1) is 0 Å². The molecule has 0 spiro atoms. The summed E-state index contributed by atoms with van der Waals surface area (Å²) in [6.45, 7) is 2.79. The third-order valence-corrected chi connectivity index (χ3v) is 1.76. The van der Waals surface area contributed by atoms with E-state index in [2.05, 4.69) is 14.9 Å². The summed E-state index contributed by atoms with van der Waals surface area (Å²) in [6.07, 6.45) is 0.966. The number of likely N-dealkylation sites (tertiary alicyclic amines) is 1. The van der Waals surface area contributed by atoms with Gasteiger partial charge < -0.3 is 9.94 Å². The Morgan fingerprint density at radius 2 is 2.55 bits per heavy atom. The second-order valence-electron chi connectivity index (χ2n) is 2.59. The third kappa shape index (κ3) is 2.48. The Hall–Kier alpha value is -0.610. The summed E-state index contributed by atoms with van der Waals surface area (Å²) in [4.78, 5) is 6.80. The highest BCUT2D eigenvalue weighted by Gasteiger charge is 2.16. The summed E-state index contributed by atoms with van der Waals surface area (Å²) in [5.41, 5.74) is 1.07. The van der Waals surface area contributed by atoms with E-state index in [-0.39, 0.29) is 6.61 Å². The SMILES string of the molecule is CON=C1CCN(CCO)C1. The standard InChI is InChI=1S/C7H14N2O2/c1-11-8-7-2-3-9(6-7)4-5-10/h10H,2-6H2,1H3. The fourth-order valence-electron chi connectivity index (χ4n) is 1.24. The molecule has 1 aliphatic rings. The first-order valence-electron chi connectivity index (χ1n) is 3.79. The van der Waals surface area contributed by atoms with Gasteiger partial charge in [0.15, 0.2) is 0 Å². The van der Waals surface area contributed by atoms with Gasteiger partial charge in [0.25, 0.3) is 0 Å². The van der Waals surface area contributed by atoms with Crippen LogP contribution in [-0.4, -0.2) is 49.1 Å². The number of rotatable bonds is 3. The fourth-order valence-corrected chi connectivity index (χ4v) is 1.24. The normalized spacial score (nSPS) is 22.9. The van der Waals surface area contributed by atoms with E-state index in [0.717, 1.165) is 31.8 Å². The molecular weight excluding hydrogens is 144 g/mol. The lowest BCUT2D eigenvalue weighted by molar-refractivity contribution is 0.210. The minimum atomic E-state index is 0.222. The molecule has 0 aromatic carbocycles. The average molecular weight is 158 g/mol. The van der Waals surface area contributed by atoms with E-state index < -0.39 is 0 Å². The fraction of sp³-hybridized carbons (Fsp3) is 0.857. The van der Waals surface area contributed by atoms with Gasteiger partial charge in [-0.3, -0.25) is 4.90 Å². The van der Waals surface area contributed by atoms with E-state index in [4.69, 9.17) is 5.11 Å². The van der Waals surface area contributed by atoms with E-state index in [1.807, 2.05) is 0 Å². The lowest BCUT2D eigenvalue weighted by Gasteiger charge is -2.10. The van der Waals surface area contributed by atoms with Crippen molar-refractivity contribution in [1.82, 2.24) is 4.90 Å². The number of aliphatic hydroxyl groups excluding tert-OH is 1. The van der Waals surface area contributed by atoms with Crippen molar-refractivity contribution in [1.29, 1.82) is 0 Å². The molecule has 0 radical (unpaired) electrons. The van der Waals surface area contributed by atoms with Crippen LogP contribution in [0.15, 0.2) is 5.16 Å². The van der Waals surface area contributed by atoms with Gasteiger partial charge in [-0.05, 0) is 0 Å². The first kappa shape index (κ1) is 8.49. The van der Waals surface area contributed by atoms with E-state index in [0.29, 0.717) is 0 Å². The lowest BCUT2D eigenvalue weighted by Crippen LogP contribution is -2.24. The molecule has 64 valence electrons. The second kappa shape index (κ2) is 4.31. The summed E-state index contributed by atoms with van der Waals surface area (Å²) in [6, 6.07) is 0. The highest BCUT2D eigenvalue weighted by atomic mass is 16.6. The summed E-state index contributed by atoms with van der Waals surface area (Å²) < 4.78 is 0. The number of nitrogens with zero attached hydrogens (tertiary/aromatic N) is 2. The highest BCUT2D eigenvalue weighted by molar-refractivity contribution is 5.87. The van der Waals surface area contributed by atoms with Crippen molar-refractivity contribution in [3.63, 3.8) is 0 Å². The zero-order valence-corrected chi connectivity index (χ0v) is 6.79. The Morgan fingerprint density at radius 1 is 1.73 bits per heavy atom. The largest absolute Gasteiger partial charge is 0.399 e. The molecule has 1 aliphatic heterocycles. The molecule has 1 rings (SSSR count). The van der Waals surface area contributed by atoms with Crippen LogP contribution in [0.5, 0.6) is 0 Å². The number of β-amino-alcohol motifs (C(OH)–C–C–N with tert-alkyl or cyclic N) is 1. The first-order valence-corrected chi connectivity index (χ1v) is 3.79. The minimum Gasteiger partial charge on any atom is -0.399 e. The molecule has 0 bridgehead atoms. The topological polar surface area (TPSA) is 45.1 Å². The van der Waals surface area contributed by atoms with Gasteiger partial charge >= 0.3 is 0 Å². The quantitative estimate of drug-likeness (QED) is 0.573. The maximum Gasteiger partial charge on any atom is 0.106 e. The van der Waals surface area contributed by atoms with Crippen molar-refractivity contribution in [2.24, 2.45) is 5.16 Å². The predicted molar refractivity (Wildman–Crippen MR) is 42.6 cm³/mol. The molecule has 1 saturated heterocycles. The molecule has 0 unspecified atom stereocenters. The van der Waals surface area contributed by atoms with Gasteiger partial charge in [0.05, 0.1) is 12.3 Å². The number of aliphatic hydroxyl groups is 1. The van der Waals surface area contributed by atoms with Crippen molar-refractivity contribution < 1.29 is 9.94 Å². The summed E-state index contributed by atoms with van der Waals surface area (Å²) in [5, 5.41) is 12.5. The van der Waals surface area contributed by atoms with E-state index in [9.17, 15) is 0 Å². The molecule has 0 aromatic heterocycles. The molecule has 11 heavy (non-hydrogen) atoms. The molecule has 4 heteroatoms. The monoisotopic (exact) mass is 158 g/mol. The molecule has 0 aromatic rings. The smallest absolute Gasteiger partial charge is 0.106 e. The first-order chi connectivity index (χ1) is 5.36. The van der Waals surface area contributed by atoms with Gasteiger partial charge in [0, 0.05) is 26.1 Å². The van der Waals surface area contributed by atoms with Crippen LogP contribution >= 0.6 is 0 Å². The van der Waals surface area contributed by atoms with Crippen molar-refractivity contribution in [3.8, 4) is 0 Å². The Labute approximate surface area is 66.4 Å². The van der Waals surface area contributed by atoms with Gasteiger partial charge in [0.1, 0.15) is 7.11 Å². The Bertz CT molecular complexity index is 147. The number of oxime groups is 1. The Balaban J connectivity index is 2.28. The summed E-state index contributed by atoms with van der Waals surface area (Å²) in [7, 11) is 1.56. The van der Waals surface area contributed by atoms with Crippen LogP contribution in [0.25, 0.3) is 0 Å². The second-order valence-corrected chi connectivity index (χ2v) is 2.59. The molecule has 0 saturated carbocycles. The molecule has 0 amide bonds. The van der Waals surface area contributed by atoms with Crippen LogP contribution < -0.4 is 0 Å². The molecular formula is C7H14N2O2. The maximum absolute atomic E-state index is 8.63. The van der Waals surface area contributed by atoms with Crippen LogP contribution in [0.2, 0.25) is 0 Å². The summed E-state index contributed by atoms with van der Waals surface area (Å²) in [5.74, 6) is 0. The molecule has 1 heterocycles. The van der Waals surface area contributed by atoms with E-state index in [1.54, 1.807) is 7.11 Å². The van der Waals surface area contributed by atoms with E-state index >= 15 is 0 Å². The zero-order valence-electron chi connectivity index (χ0n) is 6.79. The molecule has 4 nitrogen and oxygen atoms in total. The third-order valence-electron chi connectivity index (χ3n) is 1.76. The van der Waals surface area contributed by atoms with Crippen LogP contribution in [-0.2, 0) is 4.84 Å². The van der Waals surface area contributed by atoms with Crippen molar-refractivity contribution in [2.75, 3.05) is 33.4 Å². The summed E-state index contributed by atoms with van der Waals surface area (Å²) >= 11 is 0. The lowest BCUT2D eigenvalue weighted by atomic mass is 10.3. The molecule has 1 fully saturated rings. The van der Waals surface area contributed by atoms with Crippen molar-refractivity contribution >= 4 is 5.71 Å². The van der Waals surface area contributed by atoms with Crippen molar-refractivity contribution in [3.05, 3.63) is 0 Å². The average Bonchev–Trinajstić information content (AvgIpc) is 2.38. The van der Waals surface area contributed by atoms with Crippen LogP contribution in [0.3, 0.4) is 0 Å². The number of hydrogen-bond donors (Lipinski definition) is 1. The van der Waals surface area contributed by atoms with Gasteiger partial charge in [-0.2, -0.15) is 0 Å². The highest BCUT2D eigenvalue weighted by Crippen LogP contribution is 2.04.